The largest absolute Gasteiger partial charge is 0.506 e. The van der Waals surface area contributed by atoms with Crippen molar-refractivity contribution < 1.29 is 14.7 Å². The second-order valence-electron chi connectivity index (χ2n) is 4.32. The monoisotopic (exact) mass is 281 g/mol. The summed E-state index contributed by atoms with van der Waals surface area (Å²) in [5.41, 5.74) is -0.366. The molecule has 19 heavy (non-hydrogen) atoms. The molecule has 1 aromatic heterocycles. The van der Waals surface area contributed by atoms with Crippen molar-refractivity contribution in [2.75, 3.05) is 0 Å². The molecule has 0 bridgehead atoms. The van der Waals surface area contributed by atoms with Crippen LogP contribution in [0.5, 0.6) is 0 Å². The number of allylic oxidation sites excluding steroid dienone is 1. The lowest BCUT2D eigenvalue weighted by Crippen LogP contribution is -2.26. The van der Waals surface area contributed by atoms with Gasteiger partial charge in [-0.05, 0) is 12.8 Å². The Bertz CT molecular complexity index is 657. The molecule has 0 spiro atoms. The summed E-state index contributed by atoms with van der Waals surface area (Å²) >= 11 is 6.06. The van der Waals surface area contributed by atoms with Gasteiger partial charge in [0.25, 0.3) is 5.56 Å². The van der Waals surface area contributed by atoms with Crippen LogP contribution < -0.4 is 5.56 Å². The molecular weight excluding hydrogens is 270 g/mol. The van der Waals surface area contributed by atoms with E-state index in [0.717, 1.165) is 18.9 Å². The molecule has 5 nitrogen and oxygen atoms in total. The van der Waals surface area contributed by atoms with E-state index in [9.17, 15) is 19.5 Å². The number of pyridine rings is 1. The van der Waals surface area contributed by atoms with Gasteiger partial charge in [0, 0.05) is 11.6 Å². The molecule has 0 radical (unpaired) electrons. The minimum Gasteiger partial charge on any atom is -0.506 e. The third kappa shape index (κ3) is 2.21. The first kappa shape index (κ1) is 13.5. The van der Waals surface area contributed by atoms with Crippen LogP contribution in [0.4, 0.5) is 0 Å². The van der Waals surface area contributed by atoms with Gasteiger partial charge in [-0.25, -0.2) is 0 Å². The predicted octanol–water partition coefficient (Wildman–Crippen LogP) is 2.04. The highest BCUT2D eigenvalue weighted by atomic mass is 35.5. The molecule has 1 aromatic rings. The fourth-order valence-electron chi connectivity index (χ4n) is 1.98. The molecule has 0 fully saturated rings. The normalized spacial score (nSPS) is 14.3. The Balaban J connectivity index is 2.68. The standard InChI is InChI=1S/C13H12ClNO4/c1-2-3-4-6-10(14)9-11(15-13(6)19)7(16)5-8(17)12(9)18/h5,16H,2-4H2,1H3,(H,15,19). The smallest absolute Gasteiger partial charge is 0.253 e. The fraction of sp³-hybridized carbons (Fsp3) is 0.308. The van der Waals surface area contributed by atoms with Gasteiger partial charge in [-0.2, -0.15) is 0 Å². The molecule has 0 aromatic carbocycles. The summed E-state index contributed by atoms with van der Waals surface area (Å²) < 4.78 is 0. The number of ketones is 2. The number of fused-ring (bicyclic) bond motifs is 1. The maximum Gasteiger partial charge on any atom is 0.253 e. The number of aromatic amines is 1. The number of hydrogen-bond donors (Lipinski definition) is 2. The quantitative estimate of drug-likeness (QED) is 0.830. The van der Waals surface area contributed by atoms with E-state index in [2.05, 4.69) is 4.98 Å². The van der Waals surface area contributed by atoms with Gasteiger partial charge in [-0.1, -0.05) is 24.9 Å². The van der Waals surface area contributed by atoms with Gasteiger partial charge in [-0.15, -0.1) is 0 Å². The molecule has 2 rings (SSSR count). The van der Waals surface area contributed by atoms with Crippen LogP contribution in [0.3, 0.4) is 0 Å². The zero-order valence-electron chi connectivity index (χ0n) is 10.2. The van der Waals surface area contributed by atoms with E-state index >= 15 is 0 Å². The summed E-state index contributed by atoms with van der Waals surface area (Å²) in [7, 11) is 0. The Kier molecular flexibility index (Phi) is 3.57. The summed E-state index contributed by atoms with van der Waals surface area (Å²) in [4.78, 5) is 37.5. The highest BCUT2D eigenvalue weighted by molar-refractivity contribution is 6.53. The van der Waals surface area contributed by atoms with Crippen molar-refractivity contribution in [3.63, 3.8) is 0 Å². The van der Waals surface area contributed by atoms with Gasteiger partial charge in [0.1, 0.15) is 5.76 Å². The Hall–Kier alpha value is -1.88. The molecule has 0 saturated heterocycles. The third-order valence-corrected chi connectivity index (χ3v) is 3.42. The van der Waals surface area contributed by atoms with Crippen molar-refractivity contribution >= 4 is 28.9 Å². The Morgan fingerprint density at radius 1 is 1.32 bits per heavy atom. The van der Waals surface area contributed by atoms with Crippen molar-refractivity contribution in [1.29, 1.82) is 0 Å². The summed E-state index contributed by atoms with van der Waals surface area (Å²) in [6.45, 7) is 1.96. The number of rotatable bonds is 3. The molecule has 1 aliphatic rings. The van der Waals surface area contributed by atoms with Crippen LogP contribution in [0.1, 0.15) is 41.4 Å². The minimum absolute atomic E-state index is 0.0369. The molecule has 1 heterocycles. The van der Waals surface area contributed by atoms with Crippen molar-refractivity contribution in [2.24, 2.45) is 0 Å². The maximum atomic E-state index is 11.9. The van der Waals surface area contributed by atoms with Gasteiger partial charge in [0.15, 0.2) is 0 Å². The fourth-order valence-corrected chi connectivity index (χ4v) is 2.34. The van der Waals surface area contributed by atoms with E-state index in [1.807, 2.05) is 6.92 Å². The van der Waals surface area contributed by atoms with Crippen LogP contribution in [-0.4, -0.2) is 21.7 Å². The first-order valence-corrected chi connectivity index (χ1v) is 6.29. The summed E-state index contributed by atoms with van der Waals surface area (Å²) in [6.07, 6.45) is 2.81. The zero-order chi connectivity index (χ0) is 14.2. The number of nitrogens with one attached hydrogen (secondary N) is 1. The number of halogens is 1. The molecule has 100 valence electrons. The van der Waals surface area contributed by atoms with E-state index in [1.54, 1.807) is 0 Å². The number of aliphatic hydroxyl groups is 1. The lowest BCUT2D eigenvalue weighted by atomic mass is 9.95. The molecule has 0 atom stereocenters. The molecule has 2 N–H and O–H groups in total. The van der Waals surface area contributed by atoms with Crippen LogP contribution in [0.25, 0.3) is 5.76 Å². The number of Topliss-reactive ketones (excluding diaryl/α,β-unsaturated/α-hetero) is 1. The number of unbranched alkanes of at least 4 members (excludes halogenated alkanes) is 1. The molecule has 0 saturated carbocycles. The number of hydrogen-bond acceptors (Lipinski definition) is 4. The number of aromatic nitrogens is 1. The minimum atomic E-state index is -0.847. The van der Waals surface area contributed by atoms with E-state index in [-0.39, 0.29) is 21.8 Å². The number of carbonyl (C=O) groups is 2. The van der Waals surface area contributed by atoms with Gasteiger partial charge in [0.2, 0.25) is 11.6 Å². The Morgan fingerprint density at radius 2 is 2.00 bits per heavy atom. The SMILES string of the molecule is CCCCc1c(Cl)c2c([nH]c1=O)C(O)=CC(=O)C2=O. The average Bonchev–Trinajstić information content (AvgIpc) is 2.35. The van der Waals surface area contributed by atoms with Gasteiger partial charge >= 0.3 is 0 Å². The summed E-state index contributed by atoms with van der Waals surface area (Å²) in [6, 6.07) is 0. The Labute approximate surface area is 113 Å². The van der Waals surface area contributed by atoms with Crippen LogP contribution in [0.2, 0.25) is 5.02 Å². The molecular formula is C13H12ClNO4. The zero-order valence-corrected chi connectivity index (χ0v) is 11.0. The summed E-state index contributed by atoms with van der Waals surface area (Å²) in [5, 5.41) is 9.59. The van der Waals surface area contributed by atoms with Gasteiger partial charge in [-0.3, -0.25) is 14.4 Å². The van der Waals surface area contributed by atoms with E-state index in [1.165, 1.54) is 0 Å². The van der Waals surface area contributed by atoms with Crippen LogP contribution in [0.15, 0.2) is 10.9 Å². The van der Waals surface area contributed by atoms with E-state index in [0.29, 0.717) is 6.42 Å². The molecule has 0 amide bonds. The lowest BCUT2D eigenvalue weighted by molar-refractivity contribution is -0.111. The second-order valence-corrected chi connectivity index (χ2v) is 4.70. The average molecular weight is 282 g/mol. The van der Waals surface area contributed by atoms with Crippen molar-refractivity contribution in [3.8, 4) is 0 Å². The maximum absolute atomic E-state index is 11.9. The first-order chi connectivity index (χ1) is 8.97. The lowest BCUT2D eigenvalue weighted by Gasteiger charge is -2.15. The van der Waals surface area contributed by atoms with Crippen LogP contribution >= 0.6 is 11.6 Å². The number of aliphatic hydroxyl groups excluding tert-OH is 1. The van der Waals surface area contributed by atoms with Crippen LogP contribution in [0, 0.1) is 0 Å². The second kappa shape index (κ2) is 5.01. The predicted molar refractivity (Wildman–Crippen MR) is 70.6 cm³/mol. The van der Waals surface area contributed by atoms with Crippen molar-refractivity contribution in [3.05, 3.63) is 38.3 Å². The highest BCUT2D eigenvalue weighted by Gasteiger charge is 2.31. The summed E-state index contributed by atoms with van der Waals surface area (Å²) in [5.74, 6) is -2.10. The molecule has 6 heteroatoms. The third-order valence-electron chi connectivity index (χ3n) is 3.00. The Morgan fingerprint density at radius 3 is 2.63 bits per heavy atom. The van der Waals surface area contributed by atoms with E-state index < -0.39 is 22.9 Å². The molecule has 0 aliphatic heterocycles. The number of H-pyrrole nitrogens is 1. The first-order valence-electron chi connectivity index (χ1n) is 5.91. The van der Waals surface area contributed by atoms with Crippen molar-refractivity contribution in [1.82, 2.24) is 4.98 Å². The molecule has 1 aliphatic carbocycles. The van der Waals surface area contributed by atoms with Gasteiger partial charge < -0.3 is 10.1 Å². The van der Waals surface area contributed by atoms with Crippen molar-refractivity contribution in [2.45, 2.75) is 26.2 Å². The topological polar surface area (TPSA) is 87.2 Å². The van der Waals surface area contributed by atoms with E-state index in [4.69, 9.17) is 11.6 Å². The highest BCUT2D eigenvalue weighted by Crippen LogP contribution is 2.29. The van der Waals surface area contributed by atoms with Gasteiger partial charge in [0.05, 0.1) is 16.3 Å². The molecule has 0 unspecified atom stereocenters. The van der Waals surface area contributed by atoms with Crippen LogP contribution in [-0.2, 0) is 11.2 Å². The number of carbonyl (C=O) groups excluding carboxylic acids is 2.